The molecule has 1 atom stereocenters. The molecule has 0 bridgehead atoms. The Morgan fingerprint density at radius 1 is 1.37 bits per heavy atom. The summed E-state index contributed by atoms with van der Waals surface area (Å²) in [6.45, 7) is 9.12. The minimum Gasteiger partial charge on any atom is -0.408 e. The summed E-state index contributed by atoms with van der Waals surface area (Å²) >= 11 is 0. The molecule has 0 saturated carbocycles. The largest absolute Gasteiger partial charge is 0.419 e. The van der Waals surface area contributed by atoms with Gasteiger partial charge in [-0.2, -0.15) is 0 Å². The van der Waals surface area contributed by atoms with E-state index in [0.29, 0.717) is 12.1 Å². The normalized spacial score (nSPS) is 13.9. The molecular formula is C15H22N2O2. The number of benzene rings is 1. The SMILES string of the molecule is CCn1c(=O)oc2cc(C(NC)C(C)(C)C)ccc21. The standard InChI is InChI=1S/C15H22N2O2/c1-6-17-11-8-7-10(9-12(11)19-14(17)18)13(16-5)15(2,3)4/h7-9,13,16H,6H2,1-5H3. The number of nitrogens with zero attached hydrogens (tertiary/aromatic N) is 1. The van der Waals surface area contributed by atoms with Gasteiger partial charge in [0.25, 0.3) is 0 Å². The van der Waals surface area contributed by atoms with E-state index in [4.69, 9.17) is 4.42 Å². The van der Waals surface area contributed by atoms with E-state index in [2.05, 4.69) is 32.2 Å². The van der Waals surface area contributed by atoms with Gasteiger partial charge in [-0.1, -0.05) is 26.8 Å². The maximum atomic E-state index is 11.7. The Morgan fingerprint density at radius 2 is 2.05 bits per heavy atom. The van der Waals surface area contributed by atoms with Crippen LogP contribution in [0.1, 0.15) is 39.3 Å². The van der Waals surface area contributed by atoms with Crippen LogP contribution in [0.4, 0.5) is 0 Å². The number of rotatable bonds is 3. The highest BCUT2D eigenvalue weighted by Gasteiger charge is 2.25. The summed E-state index contributed by atoms with van der Waals surface area (Å²) in [5.74, 6) is -0.286. The highest BCUT2D eigenvalue weighted by Crippen LogP contribution is 2.33. The van der Waals surface area contributed by atoms with E-state index in [0.717, 1.165) is 11.1 Å². The maximum Gasteiger partial charge on any atom is 0.419 e. The zero-order valence-corrected chi connectivity index (χ0v) is 12.3. The highest BCUT2D eigenvalue weighted by molar-refractivity contribution is 5.74. The molecule has 1 N–H and O–H groups in total. The molecule has 1 aromatic heterocycles. The van der Waals surface area contributed by atoms with Crippen LogP contribution in [0.3, 0.4) is 0 Å². The summed E-state index contributed by atoms with van der Waals surface area (Å²) in [7, 11) is 1.95. The molecule has 0 fully saturated rings. The van der Waals surface area contributed by atoms with Crippen LogP contribution >= 0.6 is 0 Å². The topological polar surface area (TPSA) is 47.2 Å². The molecular weight excluding hydrogens is 240 g/mol. The van der Waals surface area contributed by atoms with Crippen molar-refractivity contribution in [3.05, 3.63) is 34.3 Å². The van der Waals surface area contributed by atoms with Crippen LogP contribution in [-0.4, -0.2) is 11.6 Å². The quantitative estimate of drug-likeness (QED) is 0.925. The van der Waals surface area contributed by atoms with Crippen LogP contribution in [-0.2, 0) is 6.54 Å². The fourth-order valence-corrected chi connectivity index (χ4v) is 2.66. The average molecular weight is 262 g/mol. The number of nitrogens with one attached hydrogen (secondary N) is 1. The number of oxazole rings is 1. The van der Waals surface area contributed by atoms with Gasteiger partial charge in [0.05, 0.1) is 5.52 Å². The number of hydrogen-bond acceptors (Lipinski definition) is 3. The lowest BCUT2D eigenvalue weighted by molar-refractivity contribution is 0.287. The van der Waals surface area contributed by atoms with Crippen LogP contribution < -0.4 is 11.1 Å². The van der Waals surface area contributed by atoms with E-state index in [1.807, 2.05) is 26.1 Å². The Morgan fingerprint density at radius 3 is 2.58 bits per heavy atom. The number of aryl methyl sites for hydroxylation is 1. The number of hydrogen-bond donors (Lipinski definition) is 1. The second-order valence-corrected chi connectivity index (χ2v) is 5.93. The number of fused-ring (bicyclic) bond motifs is 1. The molecule has 1 aromatic carbocycles. The smallest absolute Gasteiger partial charge is 0.408 e. The minimum absolute atomic E-state index is 0.0933. The van der Waals surface area contributed by atoms with Gasteiger partial charge in [0, 0.05) is 12.6 Å². The molecule has 1 unspecified atom stereocenters. The Kier molecular flexibility index (Phi) is 3.54. The molecule has 4 heteroatoms. The van der Waals surface area contributed by atoms with Crippen molar-refractivity contribution in [2.45, 2.75) is 40.3 Å². The van der Waals surface area contributed by atoms with Gasteiger partial charge < -0.3 is 9.73 Å². The third-order valence-corrected chi connectivity index (χ3v) is 3.50. The van der Waals surface area contributed by atoms with Gasteiger partial charge in [0.2, 0.25) is 0 Å². The van der Waals surface area contributed by atoms with Crippen molar-refractivity contribution >= 4 is 11.1 Å². The fraction of sp³-hybridized carbons (Fsp3) is 0.533. The van der Waals surface area contributed by atoms with Crippen molar-refractivity contribution in [1.82, 2.24) is 9.88 Å². The van der Waals surface area contributed by atoms with Crippen LogP contribution in [0, 0.1) is 5.41 Å². The average Bonchev–Trinajstić information content (AvgIpc) is 2.62. The van der Waals surface area contributed by atoms with Crippen molar-refractivity contribution in [3.8, 4) is 0 Å². The fourth-order valence-electron chi connectivity index (χ4n) is 2.66. The maximum absolute atomic E-state index is 11.7. The van der Waals surface area contributed by atoms with Gasteiger partial charge in [-0.25, -0.2) is 4.79 Å². The molecule has 0 amide bonds. The van der Waals surface area contributed by atoms with Crippen molar-refractivity contribution in [2.24, 2.45) is 5.41 Å². The van der Waals surface area contributed by atoms with E-state index in [9.17, 15) is 4.79 Å². The van der Waals surface area contributed by atoms with Crippen LogP contribution in [0.5, 0.6) is 0 Å². The van der Waals surface area contributed by atoms with Gasteiger partial charge in [0.1, 0.15) is 0 Å². The van der Waals surface area contributed by atoms with Crippen LogP contribution in [0.2, 0.25) is 0 Å². The summed E-state index contributed by atoms with van der Waals surface area (Å²) < 4.78 is 6.96. The molecule has 4 nitrogen and oxygen atoms in total. The molecule has 0 saturated heterocycles. The Bertz CT molecular complexity index is 632. The van der Waals surface area contributed by atoms with E-state index in [1.54, 1.807) is 4.57 Å². The van der Waals surface area contributed by atoms with Crippen molar-refractivity contribution in [2.75, 3.05) is 7.05 Å². The minimum atomic E-state index is -0.286. The van der Waals surface area contributed by atoms with Crippen molar-refractivity contribution in [1.29, 1.82) is 0 Å². The lowest BCUT2D eigenvalue weighted by Crippen LogP contribution is -2.29. The van der Waals surface area contributed by atoms with E-state index < -0.39 is 0 Å². The Labute approximate surface area is 113 Å². The van der Waals surface area contributed by atoms with E-state index >= 15 is 0 Å². The van der Waals surface area contributed by atoms with Crippen LogP contribution in [0.25, 0.3) is 11.1 Å². The van der Waals surface area contributed by atoms with Crippen molar-refractivity contribution in [3.63, 3.8) is 0 Å². The zero-order valence-electron chi connectivity index (χ0n) is 12.3. The highest BCUT2D eigenvalue weighted by atomic mass is 16.4. The lowest BCUT2D eigenvalue weighted by Gasteiger charge is -2.30. The van der Waals surface area contributed by atoms with Crippen molar-refractivity contribution < 1.29 is 4.42 Å². The molecule has 104 valence electrons. The predicted molar refractivity (Wildman–Crippen MR) is 77.4 cm³/mol. The molecule has 0 spiro atoms. The summed E-state index contributed by atoms with van der Waals surface area (Å²) in [6, 6.07) is 6.22. The summed E-state index contributed by atoms with van der Waals surface area (Å²) in [6.07, 6.45) is 0. The first-order valence-corrected chi connectivity index (χ1v) is 6.69. The lowest BCUT2D eigenvalue weighted by atomic mass is 9.82. The Balaban J connectivity index is 2.56. The van der Waals surface area contributed by atoms with E-state index in [-0.39, 0.29) is 17.2 Å². The monoisotopic (exact) mass is 262 g/mol. The van der Waals surface area contributed by atoms with E-state index in [1.165, 1.54) is 0 Å². The molecule has 19 heavy (non-hydrogen) atoms. The second kappa shape index (κ2) is 4.85. The molecule has 2 rings (SSSR count). The summed E-state index contributed by atoms with van der Waals surface area (Å²) in [5, 5.41) is 3.33. The molecule has 1 heterocycles. The van der Waals surface area contributed by atoms with Gasteiger partial charge in [-0.3, -0.25) is 4.57 Å². The second-order valence-electron chi connectivity index (χ2n) is 5.93. The van der Waals surface area contributed by atoms with Gasteiger partial charge >= 0.3 is 5.76 Å². The predicted octanol–water partition coefficient (Wildman–Crippen LogP) is 2.92. The first-order valence-electron chi connectivity index (χ1n) is 6.69. The summed E-state index contributed by atoms with van der Waals surface area (Å²) in [5.41, 5.74) is 2.75. The third-order valence-electron chi connectivity index (χ3n) is 3.50. The first kappa shape index (κ1) is 13.9. The van der Waals surface area contributed by atoms with Gasteiger partial charge in [-0.15, -0.1) is 0 Å². The molecule has 0 aliphatic heterocycles. The summed E-state index contributed by atoms with van der Waals surface area (Å²) in [4.78, 5) is 11.7. The molecule has 0 aliphatic carbocycles. The zero-order chi connectivity index (χ0) is 14.2. The van der Waals surface area contributed by atoms with Gasteiger partial charge in [-0.05, 0) is 37.1 Å². The van der Waals surface area contributed by atoms with Crippen LogP contribution in [0.15, 0.2) is 27.4 Å². The van der Waals surface area contributed by atoms with Gasteiger partial charge in [0.15, 0.2) is 5.58 Å². The molecule has 0 radical (unpaired) electrons. The third kappa shape index (κ3) is 2.45. The first-order chi connectivity index (χ1) is 8.88. The Hall–Kier alpha value is -1.55. The molecule has 0 aliphatic rings. The molecule has 2 aromatic rings. The number of aromatic nitrogens is 1.